The minimum atomic E-state index is -0.449. The van der Waals surface area contributed by atoms with Gasteiger partial charge in [-0.2, -0.15) is 0 Å². The summed E-state index contributed by atoms with van der Waals surface area (Å²) >= 11 is 0. The molecule has 0 spiro atoms. The lowest BCUT2D eigenvalue weighted by molar-refractivity contribution is -0.144. The maximum atomic E-state index is 11.8. The van der Waals surface area contributed by atoms with E-state index in [-0.39, 0.29) is 24.6 Å². The van der Waals surface area contributed by atoms with Crippen molar-refractivity contribution in [2.75, 3.05) is 7.11 Å². The van der Waals surface area contributed by atoms with Crippen LogP contribution in [0.1, 0.15) is 19.8 Å². The Morgan fingerprint density at radius 1 is 1.59 bits per heavy atom. The van der Waals surface area contributed by atoms with Crippen LogP contribution in [0.5, 0.6) is 0 Å². The smallest absolute Gasteiger partial charge is 0.325 e. The SMILES string of the molecule is COC1C=CN([C@H]2CC[C@H](O)[C@@H](C)O2)C(=O)N1. The van der Waals surface area contributed by atoms with E-state index in [1.54, 1.807) is 19.2 Å². The van der Waals surface area contributed by atoms with E-state index in [1.807, 2.05) is 0 Å². The minimum Gasteiger partial charge on any atom is -0.390 e. The maximum Gasteiger partial charge on any atom is 0.325 e. The molecule has 0 aromatic carbocycles. The molecule has 2 aliphatic rings. The molecular formula is C11H18N2O4. The van der Waals surface area contributed by atoms with Crippen LogP contribution in [0.25, 0.3) is 0 Å². The number of hydrogen-bond donors (Lipinski definition) is 2. The molecule has 2 N–H and O–H groups in total. The van der Waals surface area contributed by atoms with Gasteiger partial charge in [0.15, 0.2) is 6.23 Å². The highest BCUT2D eigenvalue weighted by Gasteiger charge is 2.33. The second-order valence-corrected chi connectivity index (χ2v) is 4.30. The predicted molar refractivity (Wildman–Crippen MR) is 59.9 cm³/mol. The average molecular weight is 242 g/mol. The Hall–Kier alpha value is -1.11. The van der Waals surface area contributed by atoms with E-state index in [1.165, 1.54) is 12.0 Å². The zero-order valence-electron chi connectivity index (χ0n) is 10.00. The number of hydrogen-bond acceptors (Lipinski definition) is 4. The van der Waals surface area contributed by atoms with E-state index in [4.69, 9.17) is 9.47 Å². The van der Waals surface area contributed by atoms with Crippen molar-refractivity contribution in [1.29, 1.82) is 0 Å². The second-order valence-electron chi connectivity index (χ2n) is 4.30. The molecule has 0 aromatic rings. The fourth-order valence-corrected chi connectivity index (χ4v) is 2.01. The van der Waals surface area contributed by atoms with Gasteiger partial charge in [-0.1, -0.05) is 0 Å². The number of nitrogens with zero attached hydrogens (tertiary/aromatic N) is 1. The van der Waals surface area contributed by atoms with Crippen LogP contribution < -0.4 is 5.32 Å². The van der Waals surface area contributed by atoms with Crippen LogP contribution in [-0.2, 0) is 9.47 Å². The molecule has 2 heterocycles. The summed E-state index contributed by atoms with van der Waals surface area (Å²) in [5, 5.41) is 12.2. The van der Waals surface area contributed by atoms with Gasteiger partial charge in [-0.05, 0) is 25.8 Å². The molecule has 6 nitrogen and oxygen atoms in total. The number of methoxy groups -OCH3 is 1. The highest BCUT2D eigenvalue weighted by Crippen LogP contribution is 2.23. The summed E-state index contributed by atoms with van der Waals surface area (Å²) in [6.45, 7) is 1.81. The third-order valence-electron chi connectivity index (χ3n) is 3.11. The van der Waals surface area contributed by atoms with Crippen molar-refractivity contribution in [1.82, 2.24) is 10.2 Å². The first-order valence-corrected chi connectivity index (χ1v) is 5.75. The summed E-state index contributed by atoms with van der Waals surface area (Å²) in [6.07, 6.45) is 3.28. The molecule has 4 atom stereocenters. The molecule has 1 saturated heterocycles. The van der Waals surface area contributed by atoms with E-state index in [2.05, 4.69) is 5.32 Å². The molecule has 96 valence electrons. The lowest BCUT2D eigenvalue weighted by Crippen LogP contribution is -2.53. The number of carbonyl (C=O) groups is 1. The molecule has 2 aliphatic heterocycles. The number of ether oxygens (including phenoxy) is 2. The van der Waals surface area contributed by atoms with Gasteiger partial charge in [-0.3, -0.25) is 4.90 Å². The molecule has 17 heavy (non-hydrogen) atoms. The number of amides is 2. The van der Waals surface area contributed by atoms with Crippen molar-refractivity contribution in [3.63, 3.8) is 0 Å². The summed E-state index contributed by atoms with van der Waals surface area (Å²) in [4.78, 5) is 13.3. The Labute approximate surface area is 100 Å². The quantitative estimate of drug-likeness (QED) is 0.734. The summed E-state index contributed by atoms with van der Waals surface area (Å²) in [5.74, 6) is 0. The molecule has 2 amide bonds. The van der Waals surface area contributed by atoms with Gasteiger partial charge >= 0.3 is 6.03 Å². The molecule has 6 heteroatoms. The highest BCUT2D eigenvalue weighted by molar-refractivity contribution is 5.77. The monoisotopic (exact) mass is 242 g/mol. The standard InChI is InChI=1S/C11H18N2O4/c1-7-8(14)3-4-10(17-7)13-6-5-9(16-2)12-11(13)15/h5-10,14H,3-4H2,1-2H3,(H,12,15)/t7-,8+,9?,10-/m1/s1. The number of urea groups is 1. The van der Waals surface area contributed by atoms with E-state index >= 15 is 0 Å². The van der Waals surface area contributed by atoms with Crippen molar-refractivity contribution in [2.24, 2.45) is 0 Å². The third-order valence-corrected chi connectivity index (χ3v) is 3.11. The van der Waals surface area contributed by atoms with Gasteiger partial charge in [-0.15, -0.1) is 0 Å². The van der Waals surface area contributed by atoms with Gasteiger partial charge in [0, 0.05) is 13.3 Å². The molecule has 0 saturated carbocycles. The zero-order valence-corrected chi connectivity index (χ0v) is 10.00. The first-order valence-electron chi connectivity index (χ1n) is 5.75. The molecule has 0 radical (unpaired) electrons. The fraction of sp³-hybridized carbons (Fsp3) is 0.727. The molecule has 1 unspecified atom stereocenters. The van der Waals surface area contributed by atoms with Gasteiger partial charge in [0.25, 0.3) is 0 Å². The van der Waals surface area contributed by atoms with Gasteiger partial charge in [0.05, 0.1) is 12.2 Å². The largest absolute Gasteiger partial charge is 0.390 e. The van der Waals surface area contributed by atoms with Crippen molar-refractivity contribution in [2.45, 2.75) is 44.4 Å². The van der Waals surface area contributed by atoms with E-state index < -0.39 is 6.10 Å². The Kier molecular flexibility index (Phi) is 3.66. The normalized spacial score (nSPS) is 38.1. The number of aliphatic hydroxyl groups excluding tert-OH is 1. The van der Waals surface area contributed by atoms with E-state index in [0.29, 0.717) is 12.8 Å². The van der Waals surface area contributed by atoms with E-state index in [0.717, 1.165) is 0 Å². The fourth-order valence-electron chi connectivity index (χ4n) is 2.01. The molecular weight excluding hydrogens is 224 g/mol. The van der Waals surface area contributed by atoms with Crippen molar-refractivity contribution >= 4 is 6.03 Å². The summed E-state index contributed by atoms with van der Waals surface area (Å²) < 4.78 is 10.6. The third kappa shape index (κ3) is 2.59. The summed E-state index contributed by atoms with van der Waals surface area (Å²) in [6, 6.07) is -0.243. The van der Waals surface area contributed by atoms with Crippen LogP contribution in [0.4, 0.5) is 4.79 Å². The van der Waals surface area contributed by atoms with Crippen molar-refractivity contribution < 1.29 is 19.4 Å². The Bertz CT molecular complexity index is 321. The summed E-state index contributed by atoms with van der Waals surface area (Å²) in [5.41, 5.74) is 0. The molecule has 1 fully saturated rings. The number of carbonyl (C=O) groups excluding carboxylic acids is 1. The maximum absolute atomic E-state index is 11.8. The van der Waals surface area contributed by atoms with Gasteiger partial charge in [-0.25, -0.2) is 4.79 Å². The van der Waals surface area contributed by atoms with Crippen LogP contribution in [-0.4, -0.2) is 47.8 Å². The van der Waals surface area contributed by atoms with Gasteiger partial charge < -0.3 is 19.9 Å². The molecule has 2 rings (SSSR count). The second kappa shape index (κ2) is 5.03. The minimum absolute atomic E-state index is 0.243. The molecule has 0 aliphatic carbocycles. The van der Waals surface area contributed by atoms with Crippen molar-refractivity contribution in [3.05, 3.63) is 12.3 Å². The first-order chi connectivity index (χ1) is 8.11. The lowest BCUT2D eigenvalue weighted by Gasteiger charge is -2.38. The predicted octanol–water partition coefficient (Wildman–Crippen LogP) is 0.384. The zero-order chi connectivity index (χ0) is 12.4. The Morgan fingerprint density at radius 2 is 2.35 bits per heavy atom. The van der Waals surface area contributed by atoms with Crippen LogP contribution in [0.3, 0.4) is 0 Å². The number of nitrogens with one attached hydrogen (secondary N) is 1. The van der Waals surface area contributed by atoms with Crippen LogP contribution in [0.15, 0.2) is 12.3 Å². The Balaban J connectivity index is 2.01. The van der Waals surface area contributed by atoms with Crippen LogP contribution in [0, 0.1) is 0 Å². The van der Waals surface area contributed by atoms with E-state index in [9.17, 15) is 9.90 Å². The molecule has 0 bridgehead atoms. The van der Waals surface area contributed by atoms with Crippen LogP contribution in [0.2, 0.25) is 0 Å². The number of aliphatic hydroxyl groups is 1. The van der Waals surface area contributed by atoms with Gasteiger partial charge in [0.1, 0.15) is 6.23 Å². The topological polar surface area (TPSA) is 71.0 Å². The highest BCUT2D eigenvalue weighted by atomic mass is 16.5. The lowest BCUT2D eigenvalue weighted by atomic mass is 10.0. The summed E-state index contributed by atoms with van der Waals surface area (Å²) in [7, 11) is 1.53. The van der Waals surface area contributed by atoms with Crippen LogP contribution >= 0.6 is 0 Å². The first kappa shape index (κ1) is 12.3. The molecule has 0 aromatic heterocycles. The van der Waals surface area contributed by atoms with Crippen molar-refractivity contribution in [3.8, 4) is 0 Å². The van der Waals surface area contributed by atoms with Gasteiger partial charge in [0.2, 0.25) is 0 Å². The average Bonchev–Trinajstić information content (AvgIpc) is 2.32. The Morgan fingerprint density at radius 3 is 2.94 bits per heavy atom. The number of rotatable bonds is 2.